The summed E-state index contributed by atoms with van der Waals surface area (Å²) in [5, 5.41) is 12.5. The smallest absolute Gasteiger partial charge is 0.165 e. The number of hydrogen-bond acceptors (Lipinski definition) is 7. The van der Waals surface area contributed by atoms with E-state index in [0.29, 0.717) is 19.3 Å². The molecule has 4 heterocycles. The zero-order chi connectivity index (χ0) is 18.2. The monoisotopic (exact) mass is 371 g/mol. The lowest BCUT2D eigenvalue weighted by Crippen LogP contribution is -2.34. The molecule has 144 valence electrons. The summed E-state index contributed by atoms with van der Waals surface area (Å²) in [6, 6.07) is 4.33. The van der Waals surface area contributed by atoms with Crippen molar-refractivity contribution in [1.82, 2.24) is 25.0 Å². The number of methoxy groups -OCH3 is 1. The Balaban J connectivity index is 1.34. The van der Waals surface area contributed by atoms with E-state index >= 15 is 0 Å². The molecule has 1 aromatic carbocycles. The zero-order valence-corrected chi connectivity index (χ0v) is 15.6. The number of nitrogens with one attached hydrogen (secondary N) is 1. The molecule has 0 spiro atoms. The van der Waals surface area contributed by atoms with E-state index in [9.17, 15) is 0 Å². The number of nitrogens with zero attached hydrogens (tertiary/aromatic N) is 4. The van der Waals surface area contributed by atoms with Crippen LogP contribution in [0.1, 0.15) is 36.1 Å². The minimum absolute atomic E-state index is 0.357. The number of ether oxygens (including phenoxy) is 3. The fraction of sp³-hybridized carbons (Fsp3) is 0.579. The molecular weight excluding hydrogens is 346 g/mol. The van der Waals surface area contributed by atoms with Crippen LogP contribution in [0, 0.1) is 0 Å². The molecule has 0 radical (unpaired) electrons. The predicted octanol–water partition coefficient (Wildman–Crippen LogP) is 1.50. The summed E-state index contributed by atoms with van der Waals surface area (Å²) in [5.41, 5.74) is 1.10. The molecular formula is C19H25N5O3. The molecule has 2 aromatic rings. The largest absolute Gasteiger partial charge is 0.496 e. The van der Waals surface area contributed by atoms with Gasteiger partial charge in [-0.3, -0.25) is 4.90 Å². The Bertz CT molecular complexity index is 831. The van der Waals surface area contributed by atoms with Crippen LogP contribution >= 0.6 is 0 Å². The maximum Gasteiger partial charge on any atom is 0.165 e. The van der Waals surface area contributed by atoms with E-state index < -0.39 is 0 Å². The third-order valence-corrected chi connectivity index (χ3v) is 5.57. The van der Waals surface area contributed by atoms with E-state index in [4.69, 9.17) is 14.2 Å². The van der Waals surface area contributed by atoms with Crippen LogP contribution in [0.5, 0.6) is 17.2 Å². The summed E-state index contributed by atoms with van der Waals surface area (Å²) in [7, 11) is 1.70. The van der Waals surface area contributed by atoms with E-state index in [1.807, 2.05) is 12.1 Å². The highest BCUT2D eigenvalue weighted by molar-refractivity contribution is 5.51. The number of rotatable bonds is 4. The summed E-state index contributed by atoms with van der Waals surface area (Å²) in [6.07, 6.45) is 2.36. The van der Waals surface area contributed by atoms with Crippen LogP contribution in [0.15, 0.2) is 12.1 Å². The molecule has 0 saturated carbocycles. The van der Waals surface area contributed by atoms with Gasteiger partial charge in [-0.05, 0) is 25.5 Å². The second kappa shape index (κ2) is 7.01. The molecule has 1 saturated heterocycles. The molecule has 1 atom stereocenters. The molecule has 0 bridgehead atoms. The van der Waals surface area contributed by atoms with Gasteiger partial charge in [0.25, 0.3) is 0 Å². The Morgan fingerprint density at radius 2 is 2.04 bits per heavy atom. The van der Waals surface area contributed by atoms with Crippen LogP contribution in [-0.2, 0) is 19.6 Å². The van der Waals surface area contributed by atoms with Gasteiger partial charge in [-0.25, -0.2) is 0 Å². The molecule has 1 fully saturated rings. The normalized spacial score (nSPS) is 21.9. The molecule has 27 heavy (non-hydrogen) atoms. The number of fused-ring (bicyclic) bond motifs is 2. The SMILES string of the molecule is COc1cc2c(cc1CN1CCn3c(nnc3C3CCCN3)C1)OCCO2. The van der Waals surface area contributed by atoms with Crippen LogP contribution in [-0.4, -0.2) is 53.1 Å². The van der Waals surface area contributed by atoms with Crippen molar-refractivity contribution >= 4 is 0 Å². The molecule has 3 aliphatic rings. The van der Waals surface area contributed by atoms with Gasteiger partial charge in [-0.1, -0.05) is 0 Å². The Morgan fingerprint density at radius 1 is 1.19 bits per heavy atom. The van der Waals surface area contributed by atoms with Crippen LogP contribution in [0.3, 0.4) is 0 Å². The Labute approximate surface area is 158 Å². The third kappa shape index (κ3) is 3.12. The molecule has 1 unspecified atom stereocenters. The van der Waals surface area contributed by atoms with Gasteiger partial charge in [0.05, 0.1) is 19.7 Å². The van der Waals surface area contributed by atoms with Crippen molar-refractivity contribution in [2.75, 3.05) is 33.4 Å². The molecule has 5 rings (SSSR count). The van der Waals surface area contributed by atoms with Gasteiger partial charge in [0, 0.05) is 31.3 Å². The molecule has 8 nitrogen and oxygen atoms in total. The summed E-state index contributed by atoms with van der Waals surface area (Å²) in [4.78, 5) is 2.38. The van der Waals surface area contributed by atoms with E-state index in [1.54, 1.807) is 7.11 Å². The van der Waals surface area contributed by atoms with Gasteiger partial charge in [0.15, 0.2) is 11.5 Å². The second-order valence-electron chi connectivity index (χ2n) is 7.29. The van der Waals surface area contributed by atoms with Crippen molar-refractivity contribution in [3.8, 4) is 17.2 Å². The van der Waals surface area contributed by atoms with Gasteiger partial charge in [0.1, 0.15) is 30.6 Å². The number of benzene rings is 1. The fourth-order valence-corrected chi connectivity index (χ4v) is 4.19. The first-order valence-electron chi connectivity index (χ1n) is 9.66. The van der Waals surface area contributed by atoms with Gasteiger partial charge in [-0.15, -0.1) is 10.2 Å². The number of hydrogen-bond donors (Lipinski definition) is 1. The quantitative estimate of drug-likeness (QED) is 0.873. The Hall–Kier alpha value is -2.32. The standard InChI is InChI=1S/C19H25N5O3/c1-25-15-10-17-16(26-7-8-27-17)9-13(15)11-23-5-6-24-18(12-23)21-22-19(24)14-3-2-4-20-14/h9-10,14,20H,2-8,11-12H2,1H3. The molecule has 0 aliphatic carbocycles. The predicted molar refractivity (Wildman–Crippen MR) is 98.1 cm³/mol. The first-order chi connectivity index (χ1) is 13.3. The van der Waals surface area contributed by atoms with Crippen molar-refractivity contribution < 1.29 is 14.2 Å². The first kappa shape index (κ1) is 16.8. The highest BCUT2D eigenvalue weighted by Crippen LogP contribution is 2.37. The van der Waals surface area contributed by atoms with Crippen molar-refractivity contribution in [3.05, 3.63) is 29.3 Å². The van der Waals surface area contributed by atoms with E-state index in [1.165, 1.54) is 6.42 Å². The average molecular weight is 371 g/mol. The fourth-order valence-electron chi connectivity index (χ4n) is 4.19. The van der Waals surface area contributed by atoms with E-state index in [0.717, 1.165) is 73.6 Å². The van der Waals surface area contributed by atoms with Gasteiger partial charge in [0.2, 0.25) is 0 Å². The summed E-state index contributed by atoms with van der Waals surface area (Å²) in [5.74, 6) is 4.53. The summed E-state index contributed by atoms with van der Waals surface area (Å²) < 4.78 is 19.3. The maximum absolute atomic E-state index is 5.74. The van der Waals surface area contributed by atoms with Crippen molar-refractivity contribution in [2.45, 2.75) is 38.5 Å². The molecule has 0 amide bonds. The first-order valence-corrected chi connectivity index (χ1v) is 9.66. The Morgan fingerprint density at radius 3 is 2.81 bits per heavy atom. The van der Waals surface area contributed by atoms with Gasteiger partial charge >= 0.3 is 0 Å². The van der Waals surface area contributed by atoms with Gasteiger partial charge in [-0.2, -0.15) is 0 Å². The van der Waals surface area contributed by atoms with Crippen LogP contribution in [0.2, 0.25) is 0 Å². The van der Waals surface area contributed by atoms with E-state index in [2.05, 4.69) is 25.0 Å². The van der Waals surface area contributed by atoms with Crippen molar-refractivity contribution in [1.29, 1.82) is 0 Å². The lowest BCUT2D eigenvalue weighted by molar-refractivity contribution is 0.169. The summed E-state index contributed by atoms with van der Waals surface area (Å²) >= 11 is 0. The minimum Gasteiger partial charge on any atom is -0.496 e. The van der Waals surface area contributed by atoms with Crippen LogP contribution in [0.4, 0.5) is 0 Å². The molecule has 1 aromatic heterocycles. The third-order valence-electron chi connectivity index (χ3n) is 5.57. The Kier molecular flexibility index (Phi) is 4.37. The van der Waals surface area contributed by atoms with Crippen molar-refractivity contribution in [2.24, 2.45) is 0 Å². The lowest BCUT2D eigenvalue weighted by Gasteiger charge is -2.29. The van der Waals surface area contributed by atoms with Crippen LogP contribution in [0.25, 0.3) is 0 Å². The number of aromatic nitrogens is 3. The highest BCUT2D eigenvalue weighted by Gasteiger charge is 2.28. The van der Waals surface area contributed by atoms with E-state index in [-0.39, 0.29) is 0 Å². The average Bonchev–Trinajstić information content (AvgIpc) is 3.36. The van der Waals surface area contributed by atoms with Crippen molar-refractivity contribution in [3.63, 3.8) is 0 Å². The zero-order valence-electron chi connectivity index (χ0n) is 15.6. The highest BCUT2D eigenvalue weighted by atomic mass is 16.6. The lowest BCUT2D eigenvalue weighted by atomic mass is 10.1. The second-order valence-corrected chi connectivity index (χ2v) is 7.29. The van der Waals surface area contributed by atoms with Gasteiger partial charge < -0.3 is 24.1 Å². The topological polar surface area (TPSA) is 73.7 Å². The summed E-state index contributed by atoms with van der Waals surface area (Å²) in [6.45, 7) is 5.69. The van der Waals surface area contributed by atoms with Crippen LogP contribution < -0.4 is 19.5 Å². The maximum atomic E-state index is 5.74. The minimum atomic E-state index is 0.357. The molecule has 8 heteroatoms. The molecule has 3 aliphatic heterocycles. The molecule has 1 N–H and O–H groups in total.